The van der Waals surface area contributed by atoms with Crippen molar-refractivity contribution in [2.24, 2.45) is 0 Å². The molecule has 2 aromatic heterocycles. The molecule has 1 aliphatic heterocycles. The molecule has 3 heterocycles. The van der Waals surface area contributed by atoms with Crippen molar-refractivity contribution < 1.29 is 19.6 Å². The molecule has 10 heteroatoms. The van der Waals surface area contributed by atoms with Gasteiger partial charge in [0.15, 0.2) is 0 Å². The zero-order valence-corrected chi connectivity index (χ0v) is 16.9. The quantitative estimate of drug-likeness (QED) is 0.199. The fraction of sp³-hybridized carbons (Fsp3) is 0.182. The predicted octanol–water partition coefficient (Wildman–Crippen LogP) is 2.70. The van der Waals surface area contributed by atoms with E-state index < -0.39 is 22.7 Å². The summed E-state index contributed by atoms with van der Waals surface area (Å²) < 4.78 is 1.84. The number of nitro benzene ring substituents is 1. The van der Waals surface area contributed by atoms with Crippen LogP contribution in [0.2, 0.25) is 0 Å². The number of nitrogens with zero attached hydrogens (tertiary/aromatic N) is 5. The maximum Gasteiger partial charge on any atom is 0.295 e. The number of aryl methyl sites for hydroxylation is 1. The summed E-state index contributed by atoms with van der Waals surface area (Å²) in [5.41, 5.74) is 0.420. The minimum atomic E-state index is -0.953. The van der Waals surface area contributed by atoms with E-state index in [1.807, 2.05) is 4.57 Å². The van der Waals surface area contributed by atoms with Crippen molar-refractivity contribution in [1.82, 2.24) is 19.4 Å². The van der Waals surface area contributed by atoms with Gasteiger partial charge in [0.1, 0.15) is 5.76 Å². The molecule has 162 valence electrons. The number of aliphatic hydroxyl groups is 1. The Balaban J connectivity index is 1.76. The fourth-order valence-electron chi connectivity index (χ4n) is 3.77. The Kier molecular flexibility index (Phi) is 5.75. The molecule has 1 amide bonds. The molecule has 1 saturated heterocycles. The van der Waals surface area contributed by atoms with Gasteiger partial charge in [0.25, 0.3) is 17.4 Å². The monoisotopic (exact) mass is 433 g/mol. The molecule has 0 radical (unpaired) electrons. The first-order valence-corrected chi connectivity index (χ1v) is 9.86. The number of ketones is 1. The van der Waals surface area contributed by atoms with Crippen LogP contribution in [0.25, 0.3) is 5.76 Å². The van der Waals surface area contributed by atoms with Crippen molar-refractivity contribution in [2.45, 2.75) is 19.0 Å². The number of benzene rings is 1. The molecule has 1 fully saturated rings. The first-order valence-electron chi connectivity index (χ1n) is 9.86. The lowest BCUT2D eigenvalue weighted by Gasteiger charge is -2.25. The molecule has 0 aliphatic carbocycles. The third-order valence-electron chi connectivity index (χ3n) is 5.27. The molecule has 4 rings (SSSR count). The minimum Gasteiger partial charge on any atom is -0.507 e. The van der Waals surface area contributed by atoms with Crippen LogP contribution in [-0.2, 0) is 16.1 Å². The third kappa shape index (κ3) is 3.97. The number of likely N-dealkylation sites (tertiary alicyclic amines) is 1. The molecular weight excluding hydrogens is 414 g/mol. The lowest BCUT2D eigenvalue weighted by molar-refractivity contribution is -0.384. The van der Waals surface area contributed by atoms with Gasteiger partial charge in [-0.15, -0.1) is 0 Å². The Morgan fingerprint density at radius 1 is 1.09 bits per heavy atom. The number of Topliss-reactive ketones (excluding diaryl/α,β-unsaturated/α-hetero) is 1. The Hall–Kier alpha value is -4.34. The van der Waals surface area contributed by atoms with Crippen LogP contribution in [0.1, 0.15) is 23.6 Å². The number of aliphatic hydroxyl groups excluding tert-OH is 1. The molecule has 0 saturated carbocycles. The van der Waals surface area contributed by atoms with E-state index in [-0.39, 0.29) is 23.6 Å². The van der Waals surface area contributed by atoms with Crippen molar-refractivity contribution in [3.63, 3.8) is 0 Å². The number of non-ortho nitro benzene ring substituents is 1. The minimum absolute atomic E-state index is 0.107. The van der Waals surface area contributed by atoms with E-state index in [1.54, 1.807) is 24.8 Å². The number of imidazole rings is 1. The normalized spacial score (nSPS) is 17.6. The second kappa shape index (κ2) is 8.80. The summed E-state index contributed by atoms with van der Waals surface area (Å²) in [6, 6.07) is 7.83. The van der Waals surface area contributed by atoms with E-state index in [0.29, 0.717) is 24.1 Å². The SMILES string of the molecule is O=C1C(=O)N(CCCn2ccnc2)C(c2cccc([N+](=O)[O-])c2)/C1=C(\O)c1ccncc1. The van der Waals surface area contributed by atoms with Crippen LogP contribution in [0.4, 0.5) is 5.69 Å². The maximum atomic E-state index is 13.0. The number of pyridine rings is 1. The summed E-state index contributed by atoms with van der Waals surface area (Å²) in [6.07, 6.45) is 8.51. The highest BCUT2D eigenvalue weighted by Crippen LogP contribution is 2.40. The molecule has 32 heavy (non-hydrogen) atoms. The average molecular weight is 433 g/mol. The standard InChI is InChI=1S/C22H19N5O5/c28-20(15-5-7-23-8-6-15)18-19(16-3-1-4-17(13-16)27(31)32)26(22(30)21(18)29)11-2-10-25-12-9-24-14-25/h1,3-9,12-14,19,28H,2,10-11H2/b20-18+. The number of nitro groups is 1. The molecule has 3 aromatic rings. The Labute approximate surface area is 182 Å². The second-order valence-corrected chi connectivity index (χ2v) is 7.23. The first kappa shape index (κ1) is 20.9. The fourth-order valence-corrected chi connectivity index (χ4v) is 3.77. The highest BCUT2D eigenvalue weighted by Gasteiger charge is 2.46. The molecule has 1 aromatic carbocycles. The van der Waals surface area contributed by atoms with Gasteiger partial charge in [-0.1, -0.05) is 12.1 Å². The topological polar surface area (TPSA) is 131 Å². The highest BCUT2D eigenvalue weighted by molar-refractivity contribution is 6.46. The molecular formula is C22H19N5O5. The molecule has 1 aliphatic rings. The summed E-state index contributed by atoms with van der Waals surface area (Å²) in [4.78, 5) is 45.8. The summed E-state index contributed by atoms with van der Waals surface area (Å²) in [5.74, 6) is -1.94. The van der Waals surface area contributed by atoms with Crippen molar-refractivity contribution in [2.75, 3.05) is 6.54 Å². The van der Waals surface area contributed by atoms with Crippen LogP contribution in [0.5, 0.6) is 0 Å². The van der Waals surface area contributed by atoms with E-state index in [9.17, 15) is 24.8 Å². The number of carbonyl (C=O) groups is 2. The van der Waals surface area contributed by atoms with Crippen molar-refractivity contribution in [3.8, 4) is 0 Å². The van der Waals surface area contributed by atoms with Gasteiger partial charge >= 0.3 is 0 Å². The van der Waals surface area contributed by atoms with Gasteiger partial charge in [-0.05, 0) is 24.1 Å². The van der Waals surface area contributed by atoms with E-state index in [1.165, 1.54) is 47.6 Å². The summed E-state index contributed by atoms with van der Waals surface area (Å²) in [5, 5.41) is 22.2. The highest BCUT2D eigenvalue weighted by atomic mass is 16.6. The zero-order chi connectivity index (χ0) is 22.7. The Morgan fingerprint density at radius 3 is 2.56 bits per heavy atom. The van der Waals surface area contributed by atoms with Gasteiger partial charge in [-0.25, -0.2) is 4.98 Å². The van der Waals surface area contributed by atoms with E-state index in [0.717, 1.165) is 0 Å². The van der Waals surface area contributed by atoms with E-state index in [4.69, 9.17) is 0 Å². The molecule has 0 bridgehead atoms. The molecule has 0 spiro atoms. The van der Waals surface area contributed by atoms with E-state index in [2.05, 4.69) is 9.97 Å². The summed E-state index contributed by atoms with van der Waals surface area (Å²) in [6.45, 7) is 0.776. The molecule has 1 atom stereocenters. The second-order valence-electron chi connectivity index (χ2n) is 7.23. The van der Waals surface area contributed by atoms with Gasteiger partial charge in [0.2, 0.25) is 0 Å². The molecule has 1 N–H and O–H groups in total. The van der Waals surface area contributed by atoms with Crippen LogP contribution in [0.15, 0.2) is 73.1 Å². The predicted molar refractivity (Wildman–Crippen MR) is 113 cm³/mol. The van der Waals surface area contributed by atoms with Crippen molar-refractivity contribution >= 4 is 23.1 Å². The van der Waals surface area contributed by atoms with Gasteiger partial charge in [0, 0.05) is 55.6 Å². The molecule has 10 nitrogen and oxygen atoms in total. The van der Waals surface area contributed by atoms with Crippen LogP contribution in [-0.4, -0.2) is 47.7 Å². The third-order valence-corrected chi connectivity index (χ3v) is 5.27. The largest absolute Gasteiger partial charge is 0.507 e. The van der Waals surface area contributed by atoms with Crippen LogP contribution < -0.4 is 0 Å². The maximum absolute atomic E-state index is 13.0. The number of hydrogen-bond donors (Lipinski definition) is 1. The van der Waals surface area contributed by atoms with Gasteiger partial charge in [-0.2, -0.15) is 0 Å². The molecule has 1 unspecified atom stereocenters. The number of carbonyl (C=O) groups excluding carboxylic acids is 2. The lowest BCUT2D eigenvalue weighted by atomic mass is 9.95. The van der Waals surface area contributed by atoms with Gasteiger partial charge in [0.05, 0.1) is 22.9 Å². The Bertz CT molecular complexity index is 1190. The smallest absolute Gasteiger partial charge is 0.295 e. The summed E-state index contributed by atoms with van der Waals surface area (Å²) in [7, 11) is 0. The first-order chi connectivity index (χ1) is 15.5. The van der Waals surface area contributed by atoms with Crippen molar-refractivity contribution in [3.05, 3.63) is 94.3 Å². The van der Waals surface area contributed by atoms with Crippen LogP contribution in [0.3, 0.4) is 0 Å². The van der Waals surface area contributed by atoms with Crippen LogP contribution >= 0.6 is 0 Å². The van der Waals surface area contributed by atoms with Gasteiger partial charge in [-0.3, -0.25) is 24.7 Å². The van der Waals surface area contributed by atoms with Crippen molar-refractivity contribution in [1.29, 1.82) is 0 Å². The number of aromatic nitrogens is 3. The zero-order valence-electron chi connectivity index (χ0n) is 16.9. The summed E-state index contributed by atoms with van der Waals surface area (Å²) >= 11 is 0. The Morgan fingerprint density at radius 2 is 1.88 bits per heavy atom. The number of rotatable bonds is 7. The van der Waals surface area contributed by atoms with E-state index >= 15 is 0 Å². The van der Waals surface area contributed by atoms with Crippen LogP contribution in [0, 0.1) is 10.1 Å². The lowest BCUT2D eigenvalue weighted by Crippen LogP contribution is -2.31. The number of amides is 1. The van der Waals surface area contributed by atoms with Gasteiger partial charge < -0.3 is 14.6 Å². The number of hydrogen-bond acceptors (Lipinski definition) is 7. The average Bonchev–Trinajstić information content (AvgIpc) is 3.41.